The summed E-state index contributed by atoms with van der Waals surface area (Å²) < 4.78 is 52.0. The molecule has 4 rings (SSSR count). The number of rotatable bonds is 3. The van der Waals surface area contributed by atoms with Crippen molar-refractivity contribution in [3.05, 3.63) is 65.6 Å². The Morgan fingerprint density at radius 1 is 0.926 bits per heavy atom. The molecule has 0 bridgehead atoms. The van der Waals surface area contributed by atoms with Crippen molar-refractivity contribution in [3.8, 4) is 0 Å². The van der Waals surface area contributed by atoms with Gasteiger partial charge >= 0.3 is 6.18 Å². The SMILES string of the molecule is Fc1ccc2[nH]c(CN3CCN(c4cccc(C(F)(F)F)c4)CC3)cc2c1. The van der Waals surface area contributed by atoms with Gasteiger partial charge in [-0.15, -0.1) is 0 Å². The second-order valence-electron chi connectivity index (χ2n) is 6.84. The van der Waals surface area contributed by atoms with E-state index in [2.05, 4.69) is 9.88 Å². The molecule has 1 saturated heterocycles. The highest BCUT2D eigenvalue weighted by molar-refractivity contribution is 5.80. The first kappa shape index (κ1) is 17.9. The molecule has 1 aliphatic rings. The summed E-state index contributed by atoms with van der Waals surface area (Å²) in [5.74, 6) is -0.261. The molecule has 0 spiro atoms. The number of nitrogens with zero attached hydrogens (tertiary/aromatic N) is 2. The van der Waals surface area contributed by atoms with Gasteiger partial charge in [-0.05, 0) is 42.5 Å². The number of aromatic amines is 1. The van der Waals surface area contributed by atoms with E-state index >= 15 is 0 Å². The maximum Gasteiger partial charge on any atom is 0.416 e. The van der Waals surface area contributed by atoms with Crippen LogP contribution in [0, 0.1) is 5.82 Å². The van der Waals surface area contributed by atoms with E-state index in [9.17, 15) is 17.6 Å². The topological polar surface area (TPSA) is 22.3 Å². The molecule has 0 unspecified atom stereocenters. The number of halogens is 4. The second-order valence-corrected chi connectivity index (χ2v) is 6.84. The zero-order valence-electron chi connectivity index (χ0n) is 14.6. The highest BCUT2D eigenvalue weighted by Crippen LogP contribution is 2.32. The first-order valence-corrected chi connectivity index (χ1v) is 8.80. The fraction of sp³-hybridized carbons (Fsp3) is 0.300. The Hall–Kier alpha value is -2.54. The Morgan fingerprint density at radius 3 is 2.44 bits per heavy atom. The maximum absolute atomic E-state index is 13.3. The molecule has 27 heavy (non-hydrogen) atoms. The summed E-state index contributed by atoms with van der Waals surface area (Å²) in [7, 11) is 0. The number of anilines is 1. The molecule has 3 nitrogen and oxygen atoms in total. The van der Waals surface area contributed by atoms with Crippen molar-refractivity contribution in [2.45, 2.75) is 12.7 Å². The minimum Gasteiger partial charge on any atom is -0.369 e. The van der Waals surface area contributed by atoms with E-state index in [4.69, 9.17) is 0 Å². The molecule has 1 fully saturated rings. The Morgan fingerprint density at radius 2 is 1.70 bits per heavy atom. The van der Waals surface area contributed by atoms with Gasteiger partial charge in [0.1, 0.15) is 5.82 Å². The summed E-state index contributed by atoms with van der Waals surface area (Å²) in [4.78, 5) is 7.51. The Balaban J connectivity index is 1.40. The van der Waals surface area contributed by atoms with Crippen LogP contribution in [0.4, 0.5) is 23.2 Å². The van der Waals surface area contributed by atoms with Crippen molar-refractivity contribution in [3.63, 3.8) is 0 Å². The van der Waals surface area contributed by atoms with Gasteiger partial charge < -0.3 is 9.88 Å². The lowest BCUT2D eigenvalue weighted by atomic mass is 10.1. The largest absolute Gasteiger partial charge is 0.416 e. The second kappa shape index (κ2) is 6.88. The van der Waals surface area contributed by atoms with Gasteiger partial charge in [-0.25, -0.2) is 4.39 Å². The van der Waals surface area contributed by atoms with E-state index < -0.39 is 11.7 Å². The molecular formula is C20H19F4N3. The fourth-order valence-corrected chi connectivity index (χ4v) is 3.53. The molecule has 1 N–H and O–H groups in total. The zero-order valence-corrected chi connectivity index (χ0v) is 14.6. The van der Waals surface area contributed by atoms with Gasteiger partial charge in [0.2, 0.25) is 0 Å². The number of alkyl halides is 3. The number of nitrogens with one attached hydrogen (secondary N) is 1. The van der Waals surface area contributed by atoms with E-state index in [0.29, 0.717) is 25.3 Å². The molecule has 142 valence electrons. The molecule has 7 heteroatoms. The number of hydrogen-bond donors (Lipinski definition) is 1. The van der Waals surface area contributed by atoms with E-state index in [1.165, 1.54) is 24.3 Å². The molecule has 0 saturated carbocycles. The maximum atomic E-state index is 13.3. The van der Waals surface area contributed by atoms with Crippen LogP contribution in [0.2, 0.25) is 0 Å². The number of benzene rings is 2. The smallest absolute Gasteiger partial charge is 0.369 e. The predicted molar refractivity (Wildman–Crippen MR) is 97.2 cm³/mol. The molecule has 2 aromatic carbocycles. The number of fused-ring (bicyclic) bond motifs is 1. The van der Waals surface area contributed by atoms with Gasteiger partial charge in [0, 0.05) is 55.0 Å². The van der Waals surface area contributed by atoms with Crippen molar-refractivity contribution in [2.24, 2.45) is 0 Å². The molecule has 0 amide bonds. The monoisotopic (exact) mass is 377 g/mol. The van der Waals surface area contributed by atoms with Crippen LogP contribution >= 0.6 is 0 Å². The van der Waals surface area contributed by atoms with Crippen LogP contribution in [0.15, 0.2) is 48.5 Å². The molecule has 3 aromatic rings. The van der Waals surface area contributed by atoms with Gasteiger partial charge in [-0.2, -0.15) is 13.2 Å². The molecule has 1 aliphatic heterocycles. The predicted octanol–water partition coefficient (Wildman–Crippen LogP) is 4.65. The van der Waals surface area contributed by atoms with Crippen molar-refractivity contribution < 1.29 is 17.6 Å². The fourth-order valence-electron chi connectivity index (χ4n) is 3.53. The van der Waals surface area contributed by atoms with Crippen molar-refractivity contribution in [2.75, 3.05) is 31.1 Å². The van der Waals surface area contributed by atoms with Gasteiger partial charge in [0.25, 0.3) is 0 Å². The van der Waals surface area contributed by atoms with Gasteiger partial charge in [-0.3, -0.25) is 4.90 Å². The number of H-pyrrole nitrogens is 1. The highest BCUT2D eigenvalue weighted by atomic mass is 19.4. The Labute approximate surface area is 154 Å². The number of piperazine rings is 1. The zero-order chi connectivity index (χ0) is 19.0. The van der Waals surface area contributed by atoms with Crippen molar-refractivity contribution in [1.29, 1.82) is 0 Å². The van der Waals surface area contributed by atoms with Crippen LogP contribution in [-0.2, 0) is 12.7 Å². The van der Waals surface area contributed by atoms with Crippen LogP contribution in [0.25, 0.3) is 10.9 Å². The van der Waals surface area contributed by atoms with E-state index in [-0.39, 0.29) is 5.82 Å². The van der Waals surface area contributed by atoms with E-state index in [1.807, 2.05) is 11.0 Å². The summed E-state index contributed by atoms with van der Waals surface area (Å²) in [5.41, 5.74) is 1.88. The lowest BCUT2D eigenvalue weighted by molar-refractivity contribution is -0.137. The lowest BCUT2D eigenvalue weighted by Gasteiger charge is -2.36. The van der Waals surface area contributed by atoms with Crippen LogP contribution < -0.4 is 4.90 Å². The molecule has 1 aromatic heterocycles. The quantitative estimate of drug-likeness (QED) is 0.672. The first-order chi connectivity index (χ1) is 12.9. The molecule has 0 radical (unpaired) electrons. The molecule has 2 heterocycles. The van der Waals surface area contributed by atoms with Crippen molar-refractivity contribution in [1.82, 2.24) is 9.88 Å². The Kier molecular flexibility index (Phi) is 4.55. The first-order valence-electron chi connectivity index (χ1n) is 8.80. The van der Waals surface area contributed by atoms with Crippen molar-refractivity contribution >= 4 is 16.6 Å². The summed E-state index contributed by atoms with van der Waals surface area (Å²) >= 11 is 0. The molecule has 0 atom stereocenters. The normalized spacial score (nSPS) is 16.2. The average Bonchev–Trinajstić information content (AvgIpc) is 3.03. The van der Waals surface area contributed by atoms with Gasteiger partial charge in [0.05, 0.1) is 5.56 Å². The summed E-state index contributed by atoms with van der Waals surface area (Å²) in [6.45, 7) is 3.53. The minimum absolute atomic E-state index is 0.261. The van der Waals surface area contributed by atoms with Crippen LogP contribution in [-0.4, -0.2) is 36.1 Å². The third-order valence-electron chi connectivity index (χ3n) is 4.94. The minimum atomic E-state index is -4.33. The highest BCUT2D eigenvalue weighted by Gasteiger charge is 2.31. The summed E-state index contributed by atoms with van der Waals surface area (Å²) in [6.07, 6.45) is -4.33. The van der Waals surface area contributed by atoms with Crippen LogP contribution in [0.5, 0.6) is 0 Å². The van der Waals surface area contributed by atoms with Gasteiger partial charge in [-0.1, -0.05) is 6.07 Å². The number of aromatic nitrogens is 1. The Bertz CT molecular complexity index is 940. The van der Waals surface area contributed by atoms with Gasteiger partial charge in [0.15, 0.2) is 0 Å². The van der Waals surface area contributed by atoms with E-state index in [1.54, 1.807) is 12.1 Å². The molecule has 0 aliphatic carbocycles. The third kappa shape index (κ3) is 3.93. The lowest BCUT2D eigenvalue weighted by Crippen LogP contribution is -2.46. The van der Waals surface area contributed by atoms with E-state index in [0.717, 1.165) is 35.8 Å². The third-order valence-corrected chi connectivity index (χ3v) is 4.94. The van der Waals surface area contributed by atoms with Crippen LogP contribution in [0.3, 0.4) is 0 Å². The molecular weight excluding hydrogens is 358 g/mol. The standard InChI is InChI=1S/C20H19F4N3/c21-16-4-5-19-14(10-16)11-17(25-19)13-26-6-8-27(9-7-26)18-3-1-2-15(12-18)20(22,23)24/h1-5,10-12,25H,6-9,13H2. The summed E-state index contributed by atoms with van der Waals surface area (Å²) in [6, 6.07) is 12.1. The average molecular weight is 377 g/mol. The summed E-state index contributed by atoms with van der Waals surface area (Å²) in [5, 5.41) is 0.840. The number of hydrogen-bond acceptors (Lipinski definition) is 2. The van der Waals surface area contributed by atoms with Crippen LogP contribution in [0.1, 0.15) is 11.3 Å².